The van der Waals surface area contributed by atoms with Gasteiger partial charge in [-0.25, -0.2) is 0 Å². The predicted octanol–water partition coefficient (Wildman–Crippen LogP) is 2.49. The van der Waals surface area contributed by atoms with E-state index in [1.807, 2.05) is 13.8 Å². The molecule has 1 atom stereocenters. The quantitative estimate of drug-likeness (QED) is 0.874. The van der Waals surface area contributed by atoms with Gasteiger partial charge in [0.2, 0.25) is 0 Å². The Bertz CT molecular complexity index is 458. The first-order valence-electron chi connectivity index (χ1n) is 6.12. The minimum Gasteiger partial charge on any atom is -0.496 e. The van der Waals surface area contributed by atoms with Crippen LogP contribution in [0.15, 0.2) is 18.2 Å². The van der Waals surface area contributed by atoms with Crippen molar-refractivity contribution in [2.24, 2.45) is 5.92 Å². The number of amides is 1. The molecule has 0 aromatic heterocycles. The molecule has 4 nitrogen and oxygen atoms in total. The van der Waals surface area contributed by atoms with Crippen LogP contribution in [-0.4, -0.2) is 30.3 Å². The van der Waals surface area contributed by atoms with Crippen LogP contribution in [0.5, 0.6) is 5.75 Å². The lowest BCUT2D eigenvalue weighted by atomic mass is 9.92. The van der Waals surface area contributed by atoms with Crippen molar-refractivity contribution in [3.8, 4) is 5.75 Å². The number of methoxy groups -OCH3 is 1. The molecule has 0 aliphatic carbocycles. The largest absolute Gasteiger partial charge is 0.496 e. The Hall–Kier alpha value is -1.26. The van der Waals surface area contributed by atoms with Crippen LogP contribution in [-0.2, 0) is 0 Å². The molecule has 0 fully saturated rings. The molecule has 106 valence electrons. The van der Waals surface area contributed by atoms with E-state index in [4.69, 9.17) is 16.3 Å². The summed E-state index contributed by atoms with van der Waals surface area (Å²) in [5.41, 5.74) is -0.554. The van der Waals surface area contributed by atoms with E-state index in [0.29, 0.717) is 16.3 Å². The molecule has 1 aromatic carbocycles. The van der Waals surface area contributed by atoms with E-state index in [2.05, 4.69) is 5.32 Å². The minimum atomic E-state index is -0.949. The van der Waals surface area contributed by atoms with E-state index in [-0.39, 0.29) is 18.4 Å². The third-order valence-corrected chi connectivity index (χ3v) is 3.49. The number of halogens is 1. The average molecular weight is 286 g/mol. The van der Waals surface area contributed by atoms with Crippen molar-refractivity contribution in [1.29, 1.82) is 0 Å². The van der Waals surface area contributed by atoms with Gasteiger partial charge in [0.25, 0.3) is 5.91 Å². The van der Waals surface area contributed by atoms with E-state index in [9.17, 15) is 9.90 Å². The Balaban J connectivity index is 2.79. The van der Waals surface area contributed by atoms with Crippen LogP contribution in [0.25, 0.3) is 0 Å². The molecular formula is C14H20ClNO3. The summed E-state index contributed by atoms with van der Waals surface area (Å²) in [6.45, 7) is 5.66. The Morgan fingerprint density at radius 1 is 1.53 bits per heavy atom. The number of carbonyl (C=O) groups is 1. The van der Waals surface area contributed by atoms with Gasteiger partial charge in [-0.3, -0.25) is 4.79 Å². The molecule has 0 aliphatic heterocycles. The van der Waals surface area contributed by atoms with E-state index in [0.717, 1.165) is 0 Å². The van der Waals surface area contributed by atoms with Gasteiger partial charge in [0.15, 0.2) is 0 Å². The third kappa shape index (κ3) is 4.11. The predicted molar refractivity (Wildman–Crippen MR) is 75.8 cm³/mol. The second-order valence-electron chi connectivity index (χ2n) is 5.04. The molecule has 0 aliphatic rings. The number of rotatable bonds is 5. The van der Waals surface area contributed by atoms with Gasteiger partial charge in [-0.2, -0.15) is 0 Å². The van der Waals surface area contributed by atoms with Crippen molar-refractivity contribution >= 4 is 17.5 Å². The Morgan fingerprint density at radius 3 is 2.68 bits per heavy atom. The van der Waals surface area contributed by atoms with Crippen molar-refractivity contribution in [1.82, 2.24) is 5.32 Å². The standard InChI is InChI=1S/C14H20ClNO3/c1-9(2)14(3,18)8-16-13(17)11-6-5-10(15)7-12(11)19-4/h5-7,9,18H,8H2,1-4H3,(H,16,17). The smallest absolute Gasteiger partial charge is 0.255 e. The fourth-order valence-electron chi connectivity index (χ4n) is 1.41. The van der Waals surface area contributed by atoms with Crippen molar-refractivity contribution < 1.29 is 14.6 Å². The number of ether oxygens (including phenoxy) is 1. The van der Waals surface area contributed by atoms with Crippen LogP contribution in [0.3, 0.4) is 0 Å². The number of aliphatic hydroxyl groups is 1. The zero-order valence-electron chi connectivity index (χ0n) is 11.7. The highest BCUT2D eigenvalue weighted by Gasteiger charge is 2.26. The maximum absolute atomic E-state index is 12.1. The number of benzene rings is 1. The normalized spacial score (nSPS) is 14.1. The van der Waals surface area contributed by atoms with Gasteiger partial charge in [0.05, 0.1) is 18.3 Å². The Morgan fingerprint density at radius 2 is 2.16 bits per heavy atom. The van der Waals surface area contributed by atoms with Crippen LogP contribution < -0.4 is 10.1 Å². The first-order chi connectivity index (χ1) is 8.77. The zero-order valence-corrected chi connectivity index (χ0v) is 12.4. The van der Waals surface area contributed by atoms with Gasteiger partial charge in [0.1, 0.15) is 5.75 Å². The topological polar surface area (TPSA) is 58.6 Å². The lowest BCUT2D eigenvalue weighted by Crippen LogP contribution is -2.44. The molecular weight excluding hydrogens is 266 g/mol. The zero-order chi connectivity index (χ0) is 14.6. The molecule has 0 spiro atoms. The molecule has 5 heteroatoms. The molecule has 1 unspecified atom stereocenters. The van der Waals surface area contributed by atoms with E-state index < -0.39 is 5.60 Å². The lowest BCUT2D eigenvalue weighted by molar-refractivity contribution is 0.0142. The molecule has 0 radical (unpaired) electrons. The van der Waals surface area contributed by atoms with E-state index >= 15 is 0 Å². The molecule has 0 saturated heterocycles. The fraction of sp³-hybridized carbons (Fsp3) is 0.500. The summed E-state index contributed by atoms with van der Waals surface area (Å²) in [4.78, 5) is 12.1. The summed E-state index contributed by atoms with van der Waals surface area (Å²) >= 11 is 5.84. The van der Waals surface area contributed by atoms with Gasteiger partial charge < -0.3 is 15.2 Å². The first-order valence-corrected chi connectivity index (χ1v) is 6.50. The van der Waals surface area contributed by atoms with Crippen LogP contribution in [0.2, 0.25) is 5.02 Å². The third-order valence-electron chi connectivity index (χ3n) is 3.26. The molecule has 19 heavy (non-hydrogen) atoms. The van der Waals surface area contributed by atoms with Gasteiger partial charge in [-0.15, -0.1) is 0 Å². The lowest BCUT2D eigenvalue weighted by Gasteiger charge is -2.27. The van der Waals surface area contributed by atoms with E-state index in [1.165, 1.54) is 7.11 Å². The van der Waals surface area contributed by atoms with Gasteiger partial charge in [0, 0.05) is 11.6 Å². The molecule has 1 aromatic rings. The second-order valence-corrected chi connectivity index (χ2v) is 5.48. The highest BCUT2D eigenvalue weighted by atomic mass is 35.5. The molecule has 2 N–H and O–H groups in total. The van der Waals surface area contributed by atoms with Gasteiger partial charge >= 0.3 is 0 Å². The average Bonchev–Trinajstić information content (AvgIpc) is 2.35. The molecule has 0 bridgehead atoms. The van der Waals surface area contributed by atoms with Crippen LogP contribution >= 0.6 is 11.6 Å². The Kier molecular flexibility index (Phi) is 5.20. The summed E-state index contributed by atoms with van der Waals surface area (Å²) in [7, 11) is 1.48. The summed E-state index contributed by atoms with van der Waals surface area (Å²) in [6, 6.07) is 4.80. The van der Waals surface area contributed by atoms with Gasteiger partial charge in [-0.1, -0.05) is 25.4 Å². The van der Waals surface area contributed by atoms with Crippen molar-refractivity contribution in [3.05, 3.63) is 28.8 Å². The highest BCUT2D eigenvalue weighted by Crippen LogP contribution is 2.23. The summed E-state index contributed by atoms with van der Waals surface area (Å²) in [5.74, 6) is 0.156. The fourth-order valence-corrected chi connectivity index (χ4v) is 1.57. The number of hydrogen-bond acceptors (Lipinski definition) is 3. The summed E-state index contributed by atoms with van der Waals surface area (Å²) in [6.07, 6.45) is 0. The van der Waals surface area contributed by atoms with E-state index in [1.54, 1.807) is 25.1 Å². The van der Waals surface area contributed by atoms with Crippen molar-refractivity contribution in [2.75, 3.05) is 13.7 Å². The number of nitrogens with one attached hydrogen (secondary N) is 1. The van der Waals surface area contributed by atoms with Crippen LogP contribution in [0.4, 0.5) is 0 Å². The first kappa shape index (κ1) is 15.8. The number of carbonyl (C=O) groups excluding carboxylic acids is 1. The van der Waals surface area contributed by atoms with Crippen LogP contribution in [0, 0.1) is 5.92 Å². The minimum absolute atomic E-state index is 0.0416. The van der Waals surface area contributed by atoms with Crippen molar-refractivity contribution in [2.45, 2.75) is 26.4 Å². The maximum Gasteiger partial charge on any atom is 0.255 e. The molecule has 1 amide bonds. The molecule has 0 saturated carbocycles. The van der Waals surface area contributed by atoms with Crippen molar-refractivity contribution in [3.63, 3.8) is 0 Å². The summed E-state index contributed by atoms with van der Waals surface area (Å²) in [5, 5.41) is 13.3. The van der Waals surface area contributed by atoms with Crippen LogP contribution in [0.1, 0.15) is 31.1 Å². The molecule has 0 heterocycles. The highest BCUT2D eigenvalue weighted by molar-refractivity contribution is 6.30. The summed E-state index contributed by atoms with van der Waals surface area (Å²) < 4.78 is 5.12. The SMILES string of the molecule is COc1cc(Cl)ccc1C(=O)NCC(C)(O)C(C)C. The number of hydrogen-bond donors (Lipinski definition) is 2. The second kappa shape index (κ2) is 6.26. The van der Waals surface area contributed by atoms with Gasteiger partial charge in [-0.05, 0) is 31.0 Å². The molecule has 1 rings (SSSR count). The Labute approximate surface area is 118 Å². The maximum atomic E-state index is 12.1. The monoisotopic (exact) mass is 285 g/mol.